The second-order valence-corrected chi connectivity index (χ2v) is 5.46. The summed E-state index contributed by atoms with van der Waals surface area (Å²) in [7, 11) is 0. The van der Waals surface area contributed by atoms with Gasteiger partial charge in [-0.3, -0.25) is 9.78 Å². The minimum Gasteiger partial charge on any atom is -0.406 e. The Bertz CT molecular complexity index is 927. The lowest BCUT2D eigenvalue weighted by Gasteiger charge is -2.10. The average Bonchev–Trinajstić information content (AvgIpc) is 2.54. The van der Waals surface area contributed by atoms with Gasteiger partial charge in [0.1, 0.15) is 5.75 Å². The van der Waals surface area contributed by atoms with E-state index in [4.69, 9.17) is 11.6 Å². The van der Waals surface area contributed by atoms with Crippen LogP contribution in [0.3, 0.4) is 0 Å². The molecule has 0 fully saturated rings. The van der Waals surface area contributed by atoms with Crippen LogP contribution >= 0.6 is 11.6 Å². The van der Waals surface area contributed by atoms with Crippen molar-refractivity contribution in [1.29, 1.82) is 0 Å². The summed E-state index contributed by atoms with van der Waals surface area (Å²) in [4.78, 5) is 16.5. The molecule has 128 valence electrons. The van der Waals surface area contributed by atoms with Gasteiger partial charge < -0.3 is 10.1 Å². The zero-order chi connectivity index (χ0) is 18.0. The summed E-state index contributed by atoms with van der Waals surface area (Å²) in [5.41, 5.74) is 1.12. The van der Waals surface area contributed by atoms with Crippen LogP contribution in [0.4, 0.5) is 18.9 Å². The molecule has 0 radical (unpaired) electrons. The van der Waals surface area contributed by atoms with E-state index in [1.165, 1.54) is 12.1 Å². The molecule has 0 bridgehead atoms. The number of benzene rings is 2. The Morgan fingerprint density at radius 2 is 1.84 bits per heavy atom. The number of anilines is 1. The predicted octanol–water partition coefficient (Wildman–Crippen LogP) is 5.04. The molecule has 0 aliphatic heterocycles. The molecule has 3 aromatic rings. The van der Waals surface area contributed by atoms with E-state index in [1.807, 2.05) is 6.07 Å². The summed E-state index contributed by atoms with van der Waals surface area (Å²) in [5, 5.41) is 3.60. The minimum atomic E-state index is -4.77. The Morgan fingerprint density at radius 3 is 2.52 bits per heavy atom. The third-order valence-corrected chi connectivity index (χ3v) is 3.59. The van der Waals surface area contributed by atoms with E-state index in [2.05, 4.69) is 15.0 Å². The number of halogens is 4. The van der Waals surface area contributed by atoms with Gasteiger partial charge in [0.05, 0.1) is 16.1 Å². The summed E-state index contributed by atoms with van der Waals surface area (Å²) in [6.07, 6.45) is -3.17. The first-order valence-corrected chi connectivity index (χ1v) is 7.41. The van der Waals surface area contributed by atoms with Crippen LogP contribution in [0.5, 0.6) is 5.75 Å². The van der Waals surface area contributed by atoms with Crippen molar-refractivity contribution in [2.24, 2.45) is 0 Å². The third-order valence-electron chi connectivity index (χ3n) is 3.28. The number of carbonyl (C=O) groups is 1. The lowest BCUT2D eigenvalue weighted by atomic mass is 10.1. The van der Waals surface area contributed by atoms with Crippen molar-refractivity contribution < 1.29 is 22.7 Å². The molecule has 0 aliphatic carbocycles. The largest absolute Gasteiger partial charge is 0.573 e. The fourth-order valence-electron chi connectivity index (χ4n) is 2.20. The van der Waals surface area contributed by atoms with Gasteiger partial charge in [0.25, 0.3) is 5.91 Å². The van der Waals surface area contributed by atoms with Crippen molar-refractivity contribution in [3.63, 3.8) is 0 Å². The summed E-state index contributed by atoms with van der Waals surface area (Å²) < 4.78 is 40.2. The third kappa shape index (κ3) is 4.19. The van der Waals surface area contributed by atoms with Crippen molar-refractivity contribution in [3.8, 4) is 5.75 Å². The topological polar surface area (TPSA) is 51.2 Å². The van der Waals surface area contributed by atoms with E-state index in [1.54, 1.807) is 24.4 Å². The summed E-state index contributed by atoms with van der Waals surface area (Å²) in [6, 6.07) is 11.5. The van der Waals surface area contributed by atoms with Gasteiger partial charge in [-0.05, 0) is 42.5 Å². The van der Waals surface area contributed by atoms with Crippen LogP contribution in [0, 0.1) is 0 Å². The van der Waals surface area contributed by atoms with Gasteiger partial charge in [0.15, 0.2) is 0 Å². The van der Waals surface area contributed by atoms with E-state index in [9.17, 15) is 18.0 Å². The minimum absolute atomic E-state index is 0.212. The molecule has 0 saturated heterocycles. The van der Waals surface area contributed by atoms with Crippen LogP contribution < -0.4 is 10.1 Å². The van der Waals surface area contributed by atoms with Gasteiger partial charge in [-0.25, -0.2) is 0 Å². The van der Waals surface area contributed by atoms with E-state index in [-0.39, 0.29) is 16.3 Å². The molecule has 4 nitrogen and oxygen atoms in total. The number of nitrogens with one attached hydrogen (secondary N) is 1. The Hall–Kier alpha value is -2.80. The van der Waals surface area contributed by atoms with Crippen molar-refractivity contribution in [3.05, 3.63) is 65.3 Å². The maximum Gasteiger partial charge on any atom is 0.573 e. The number of carbonyl (C=O) groups excluding carboxylic acids is 1. The molecule has 2 aromatic carbocycles. The molecule has 0 aliphatic rings. The molecule has 25 heavy (non-hydrogen) atoms. The number of pyridine rings is 1. The first-order chi connectivity index (χ1) is 11.8. The molecule has 0 atom stereocenters. The molecule has 1 aromatic heterocycles. The maximum atomic E-state index is 12.4. The standard InChI is InChI=1S/C17H10ClF3N2O2/c18-14-8-10-2-1-7-22-15(10)9-13(14)16(24)23-11-3-5-12(6-4-11)25-17(19,20)21/h1-9H,(H,23,24). The van der Waals surface area contributed by atoms with E-state index in [0.29, 0.717) is 11.2 Å². The normalized spacial score (nSPS) is 11.4. The molecular formula is C17H10ClF3N2O2. The number of fused-ring (bicyclic) bond motifs is 1. The van der Waals surface area contributed by atoms with Gasteiger partial charge >= 0.3 is 6.36 Å². The Balaban J connectivity index is 1.79. The van der Waals surface area contributed by atoms with Crippen molar-refractivity contribution >= 4 is 34.1 Å². The predicted molar refractivity (Wildman–Crippen MR) is 87.8 cm³/mol. The number of alkyl halides is 3. The highest BCUT2D eigenvalue weighted by molar-refractivity contribution is 6.35. The highest BCUT2D eigenvalue weighted by Crippen LogP contribution is 2.26. The molecule has 3 rings (SSSR count). The monoisotopic (exact) mass is 366 g/mol. The van der Waals surface area contributed by atoms with E-state index in [0.717, 1.165) is 17.5 Å². The number of nitrogens with zero attached hydrogens (tertiary/aromatic N) is 1. The highest BCUT2D eigenvalue weighted by Gasteiger charge is 2.30. The molecular weight excluding hydrogens is 357 g/mol. The van der Waals surface area contributed by atoms with Crippen molar-refractivity contribution in [2.75, 3.05) is 5.32 Å². The van der Waals surface area contributed by atoms with Crippen LogP contribution in [0.25, 0.3) is 10.9 Å². The van der Waals surface area contributed by atoms with Crippen LogP contribution in [0.1, 0.15) is 10.4 Å². The quantitative estimate of drug-likeness (QED) is 0.706. The fourth-order valence-corrected chi connectivity index (χ4v) is 2.46. The summed E-state index contributed by atoms with van der Waals surface area (Å²) >= 11 is 6.13. The molecule has 1 amide bonds. The zero-order valence-corrected chi connectivity index (χ0v) is 13.2. The van der Waals surface area contributed by atoms with Crippen LogP contribution in [-0.4, -0.2) is 17.3 Å². The molecule has 8 heteroatoms. The van der Waals surface area contributed by atoms with Crippen LogP contribution in [-0.2, 0) is 0 Å². The Morgan fingerprint density at radius 1 is 1.12 bits per heavy atom. The van der Waals surface area contributed by atoms with Crippen molar-refractivity contribution in [1.82, 2.24) is 4.98 Å². The second kappa shape index (κ2) is 6.60. The second-order valence-electron chi connectivity index (χ2n) is 5.05. The van der Waals surface area contributed by atoms with E-state index >= 15 is 0 Å². The first kappa shape index (κ1) is 17.0. The summed E-state index contributed by atoms with van der Waals surface area (Å²) in [5.74, 6) is -0.875. The maximum absolute atomic E-state index is 12.4. The summed E-state index contributed by atoms with van der Waals surface area (Å²) in [6.45, 7) is 0. The lowest BCUT2D eigenvalue weighted by molar-refractivity contribution is -0.274. The van der Waals surface area contributed by atoms with E-state index < -0.39 is 12.3 Å². The fraction of sp³-hybridized carbons (Fsp3) is 0.0588. The molecule has 1 heterocycles. The number of rotatable bonds is 3. The van der Waals surface area contributed by atoms with Gasteiger partial charge in [-0.2, -0.15) is 0 Å². The van der Waals surface area contributed by atoms with Gasteiger partial charge in [0, 0.05) is 17.3 Å². The lowest BCUT2D eigenvalue weighted by Crippen LogP contribution is -2.17. The molecule has 1 N–H and O–H groups in total. The van der Waals surface area contributed by atoms with Crippen LogP contribution in [0.2, 0.25) is 5.02 Å². The molecule has 0 saturated carbocycles. The SMILES string of the molecule is O=C(Nc1ccc(OC(F)(F)F)cc1)c1cc2ncccc2cc1Cl. The number of ether oxygens (including phenoxy) is 1. The zero-order valence-electron chi connectivity index (χ0n) is 12.5. The first-order valence-electron chi connectivity index (χ1n) is 7.03. The Labute approximate surface area is 145 Å². The molecule has 0 unspecified atom stereocenters. The number of aromatic nitrogens is 1. The average molecular weight is 367 g/mol. The number of hydrogen-bond donors (Lipinski definition) is 1. The van der Waals surface area contributed by atoms with Gasteiger partial charge in [0.2, 0.25) is 0 Å². The highest BCUT2D eigenvalue weighted by atomic mass is 35.5. The van der Waals surface area contributed by atoms with Crippen molar-refractivity contribution in [2.45, 2.75) is 6.36 Å². The van der Waals surface area contributed by atoms with Gasteiger partial charge in [-0.1, -0.05) is 17.7 Å². The smallest absolute Gasteiger partial charge is 0.406 e. The molecule has 0 spiro atoms. The van der Waals surface area contributed by atoms with Gasteiger partial charge in [-0.15, -0.1) is 13.2 Å². The Kier molecular flexibility index (Phi) is 4.50. The van der Waals surface area contributed by atoms with Crippen LogP contribution in [0.15, 0.2) is 54.7 Å². The number of hydrogen-bond acceptors (Lipinski definition) is 3. The number of amides is 1.